The lowest BCUT2D eigenvalue weighted by atomic mass is 10.1. The Bertz CT molecular complexity index is 1420. The van der Waals surface area contributed by atoms with E-state index >= 15 is 0 Å². The van der Waals surface area contributed by atoms with Crippen LogP contribution in [0.25, 0.3) is 22.3 Å². The van der Waals surface area contributed by atoms with Gasteiger partial charge in [0.05, 0.1) is 12.6 Å². The second-order valence-corrected chi connectivity index (χ2v) is 7.70. The van der Waals surface area contributed by atoms with Gasteiger partial charge in [0.15, 0.2) is 5.82 Å². The SMILES string of the molecule is COc1cccc(CNc2ccc3c(Nc4ccncc4)nc(-c4ccc(F)cc4)nc3c2)c1. The van der Waals surface area contributed by atoms with E-state index in [0.717, 1.165) is 39.2 Å². The average molecular weight is 452 g/mol. The number of hydrogen-bond acceptors (Lipinski definition) is 6. The first-order valence-corrected chi connectivity index (χ1v) is 10.8. The highest BCUT2D eigenvalue weighted by molar-refractivity contribution is 5.94. The summed E-state index contributed by atoms with van der Waals surface area (Å²) in [6, 6.07) is 23.8. The molecule has 2 N–H and O–H groups in total. The molecule has 0 radical (unpaired) electrons. The van der Waals surface area contributed by atoms with Gasteiger partial charge < -0.3 is 15.4 Å². The Hall–Kier alpha value is -4.52. The van der Waals surface area contributed by atoms with E-state index in [9.17, 15) is 4.39 Å². The van der Waals surface area contributed by atoms with Crippen molar-refractivity contribution in [2.24, 2.45) is 0 Å². The predicted octanol–water partition coefficient (Wildman–Crippen LogP) is 6.20. The number of hydrogen-bond donors (Lipinski definition) is 2. The van der Waals surface area contributed by atoms with Crippen LogP contribution in [0.2, 0.25) is 0 Å². The van der Waals surface area contributed by atoms with Crippen molar-refractivity contribution >= 4 is 28.1 Å². The van der Waals surface area contributed by atoms with Crippen molar-refractivity contribution in [1.29, 1.82) is 0 Å². The van der Waals surface area contributed by atoms with E-state index < -0.39 is 0 Å². The summed E-state index contributed by atoms with van der Waals surface area (Å²) in [6.45, 7) is 0.640. The first kappa shape index (κ1) is 21.3. The lowest BCUT2D eigenvalue weighted by molar-refractivity contribution is 0.414. The number of halogens is 1. The molecule has 0 aliphatic heterocycles. The fourth-order valence-corrected chi connectivity index (χ4v) is 3.62. The molecular weight excluding hydrogens is 429 g/mol. The number of pyridine rings is 1. The van der Waals surface area contributed by atoms with Crippen LogP contribution in [0.4, 0.5) is 21.6 Å². The van der Waals surface area contributed by atoms with E-state index in [1.165, 1.54) is 12.1 Å². The number of fused-ring (bicyclic) bond motifs is 1. The number of nitrogens with zero attached hydrogens (tertiary/aromatic N) is 3. The lowest BCUT2D eigenvalue weighted by Gasteiger charge is -2.13. The molecule has 0 bridgehead atoms. The predicted molar refractivity (Wildman–Crippen MR) is 133 cm³/mol. The highest BCUT2D eigenvalue weighted by Crippen LogP contribution is 2.29. The largest absolute Gasteiger partial charge is 0.497 e. The topological polar surface area (TPSA) is 72.0 Å². The van der Waals surface area contributed by atoms with Gasteiger partial charge in [0.25, 0.3) is 0 Å². The van der Waals surface area contributed by atoms with Gasteiger partial charge in [-0.15, -0.1) is 0 Å². The molecule has 6 nitrogen and oxygen atoms in total. The standard InChI is InChI=1S/C27H22FN5O/c1-34-23-4-2-3-18(15-23)17-30-22-9-10-24-25(16-22)32-26(19-5-7-20(28)8-6-19)33-27(24)31-21-11-13-29-14-12-21/h2-16,30H,17H2,1H3,(H,29,31,32,33). The van der Waals surface area contributed by atoms with Crippen LogP contribution in [0.5, 0.6) is 5.75 Å². The van der Waals surface area contributed by atoms with Gasteiger partial charge in [-0.2, -0.15) is 0 Å². The Morgan fingerprint density at radius 2 is 1.68 bits per heavy atom. The molecule has 0 atom stereocenters. The molecule has 0 amide bonds. The summed E-state index contributed by atoms with van der Waals surface area (Å²) < 4.78 is 18.8. The van der Waals surface area contributed by atoms with Gasteiger partial charge in [0.2, 0.25) is 0 Å². The molecule has 5 aromatic rings. The van der Waals surface area contributed by atoms with E-state index in [-0.39, 0.29) is 5.82 Å². The third-order valence-electron chi connectivity index (χ3n) is 5.37. The van der Waals surface area contributed by atoms with Crippen LogP contribution in [-0.2, 0) is 6.54 Å². The number of nitrogens with one attached hydrogen (secondary N) is 2. The number of aromatic nitrogens is 3. The van der Waals surface area contributed by atoms with Crippen molar-refractivity contribution in [3.63, 3.8) is 0 Å². The zero-order chi connectivity index (χ0) is 23.3. The minimum absolute atomic E-state index is 0.302. The van der Waals surface area contributed by atoms with Gasteiger partial charge in [0.1, 0.15) is 17.4 Å². The molecule has 5 rings (SSSR count). The van der Waals surface area contributed by atoms with Gasteiger partial charge in [-0.25, -0.2) is 14.4 Å². The van der Waals surface area contributed by atoms with Crippen molar-refractivity contribution in [2.75, 3.05) is 17.7 Å². The second-order valence-electron chi connectivity index (χ2n) is 7.70. The number of benzene rings is 3. The first-order chi connectivity index (χ1) is 16.7. The Balaban J connectivity index is 1.51. The van der Waals surface area contributed by atoms with Crippen molar-refractivity contribution < 1.29 is 9.13 Å². The molecule has 0 aliphatic rings. The van der Waals surface area contributed by atoms with E-state index in [4.69, 9.17) is 14.7 Å². The van der Waals surface area contributed by atoms with Crippen LogP contribution in [0.3, 0.4) is 0 Å². The summed E-state index contributed by atoms with van der Waals surface area (Å²) >= 11 is 0. The Labute approximate surface area is 196 Å². The number of anilines is 3. The summed E-state index contributed by atoms with van der Waals surface area (Å²) in [5.74, 6) is 1.69. The smallest absolute Gasteiger partial charge is 0.162 e. The quantitative estimate of drug-likeness (QED) is 0.307. The highest BCUT2D eigenvalue weighted by atomic mass is 19.1. The Morgan fingerprint density at radius 1 is 0.853 bits per heavy atom. The van der Waals surface area contributed by atoms with Crippen molar-refractivity contribution in [3.05, 3.63) is 103 Å². The fraction of sp³-hybridized carbons (Fsp3) is 0.0741. The van der Waals surface area contributed by atoms with Gasteiger partial charge in [-0.3, -0.25) is 4.98 Å². The zero-order valence-corrected chi connectivity index (χ0v) is 18.5. The molecule has 0 fully saturated rings. The van der Waals surface area contributed by atoms with Crippen LogP contribution in [-0.4, -0.2) is 22.1 Å². The molecule has 0 saturated carbocycles. The fourth-order valence-electron chi connectivity index (χ4n) is 3.62. The molecule has 0 spiro atoms. The summed E-state index contributed by atoms with van der Waals surface area (Å²) in [5.41, 5.74) is 4.39. The molecule has 168 valence electrons. The lowest BCUT2D eigenvalue weighted by Crippen LogP contribution is -2.02. The maximum atomic E-state index is 13.5. The molecule has 2 heterocycles. The van der Waals surface area contributed by atoms with Gasteiger partial charge in [0, 0.05) is 41.3 Å². The Morgan fingerprint density at radius 3 is 2.47 bits per heavy atom. The van der Waals surface area contributed by atoms with Crippen molar-refractivity contribution in [2.45, 2.75) is 6.54 Å². The van der Waals surface area contributed by atoms with Crippen molar-refractivity contribution in [3.8, 4) is 17.1 Å². The van der Waals surface area contributed by atoms with Crippen molar-refractivity contribution in [1.82, 2.24) is 15.0 Å². The molecule has 0 saturated heterocycles. The van der Waals surface area contributed by atoms with Crippen LogP contribution < -0.4 is 15.4 Å². The van der Waals surface area contributed by atoms with E-state index in [1.54, 1.807) is 31.6 Å². The minimum Gasteiger partial charge on any atom is -0.497 e. The van der Waals surface area contributed by atoms with Crippen LogP contribution >= 0.6 is 0 Å². The minimum atomic E-state index is -0.302. The second kappa shape index (κ2) is 9.54. The number of methoxy groups -OCH3 is 1. The van der Waals surface area contributed by atoms with Crippen LogP contribution in [0, 0.1) is 5.82 Å². The third kappa shape index (κ3) is 4.78. The van der Waals surface area contributed by atoms with Gasteiger partial charge in [-0.1, -0.05) is 12.1 Å². The monoisotopic (exact) mass is 451 g/mol. The summed E-state index contributed by atoms with van der Waals surface area (Å²) in [5, 5.41) is 7.67. The molecule has 7 heteroatoms. The summed E-state index contributed by atoms with van der Waals surface area (Å²) in [6.07, 6.45) is 3.43. The highest BCUT2D eigenvalue weighted by Gasteiger charge is 2.11. The maximum absolute atomic E-state index is 13.5. The zero-order valence-electron chi connectivity index (χ0n) is 18.5. The molecule has 3 aromatic carbocycles. The average Bonchev–Trinajstić information content (AvgIpc) is 2.88. The number of ether oxygens (including phenoxy) is 1. The number of rotatable bonds is 7. The maximum Gasteiger partial charge on any atom is 0.162 e. The van der Waals surface area contributed by atoms with Crippen LogP contribution in [0.15, 0.2) is 91.3 Å². The summed E-state index contributed by atoms with van der Waals surface area (Å²) in [7, 11) is 1.66. The third-order valence-corrected chi connectivity index (χ3v) is 5.37. The Kier molecular flexibility index (Phi) is 5.99. The van der Waals surface area contributed by atoms with E-state index in [1.807, 2.05) is 54.6 Å². The van der Waals surface area contributed by atoms with Gasteiger partial charge >= 0.3 is 0 Å². The van der Waals surface area contributed by atoms with Crippen LogP contribution in [0.1, 0.15) is 5.56 Å². The normalized spacial score (nSPS) is 10.8. The molecule has 0 unspecified atom stereocenters. The summed E-state index contributed by atoms with van der Waals surface area (Å²) in [4.78, 5) is 13.6. The van der Waals surface area contributed by atoms with Gasteiger partial charge in [-0.05, 0) is 72.3 Å². The van der Waals surface area contributed by atoms with E-state index in [2.05, 4.69) is 15.6 Å². The first-order valence-electron chi connectivity index (χ1n) is 10.8. The molecular formula is C27H22FN5O. The molecule has 2 aromatic heterocycles. The van der Waals surface area contributed by atoms with E-state index in [0.29, 0.717) is 18.2 Å². The molecule has 34 heavy (non-hydrogen) atoms. The molecule has 0 aliphatic carbocycles.